The summed E-state index contributed by atoms with van der Waals surface area (Å²) in [5.74, 6) is 0. The average molecular weight is 306 g/mol. The summed E-state index contributed by atoms with van der Waals surface area (Å²) in [4.78, 5) is 4.15. The first kappa shape index (κ1) is 19.1. The van der Waals surface area contributed by atoms with Crippen molar-refractivity contribution in [2.75, 3.05) is 13.2 Å². The molecule has 0 N–H and O–H groups in total. The number of ether oxygens (including phenoxy) is 1. The van der Waals surface area contributed by atoms with Gasteiger partial charge in [-0.3, -0.25) is 4.98 Å². The molecule has 0 aromatic carbocycles. The Kier molecular flexibility index (Phi) is 11.9. The van der Waals surface area contributed by atoms with Crippen LogP contribution in [0, 0.1) is 0 Å². The van der Waals surface area contributed by atoms with Crippen molar-refractivity contribution in [2.45, 2.75) is 77.2 Å². The second-order valence-corrected chi connectivity index (χ2v) is 6.01. The van der Waals surface area contributed by atoms with Gasteiger partial charge in [-0.05, 0) is 50.2 Å². The summed E-state index contributed by atoms with van der Waals surface area (Å²) >= 11 is 0. The molecule has 0 saturated carbocycles. The largest absolute Gasteiger partial charge is 0.378 e. The lowest BCUT2D eigenvalue weighted by molar-refractivity contribution is 0.0381. The van der Waals surface area contributed by atoms with Crippen LogP contribution in [0.4, 0.5) is 0 Å². The van der Waals surface area contributed by atoms with E-state index in [1.807, 2.05) is 18.5 Å². The molecule has 0 spiro atoms. The van der Waals surface area contributed by atoms with Crippen LogP contribution in [0.25, 0.3) is 0 Å². The molecule has 1 aromatic heterocycles. The number of hydrogen-bond donors (Lipinski definition) is 0. The number of pyridine rings is 1. The molecule has 22 heavy (non-hydrogen) atoms. The maximum absolute atomic E-state index is 10.5. The van der Waals surface area contributed by atoms with Gasteiger partial charge in [0.1, 0.15) is 0 Å². The zero-order chi connectivity index (χ0) is 15.9. The van der Waals surface area contributed by atoms with Crippen LogP contribution in [-0.2, 0) is 16.3 Å². The first-order valence-corrected chi connectivity index (χ1v) is 8.95. The quantitative estimate of drug-likeness (QED) is 0.455. The molecule has 1 aromatic rings. The predicted molar refractivity (Wildman–Crippen MR) is 90.5 cm³/mol. The number of rotatable bonds is 14. The van der Waals surface area contributed by atoms with Gasteiger partial charge in [0.05, 0.1) is 12.7 Å². The zero-order valence-electron chi connectivity index (χ0n) is 14.1. The minimum absolute atomic E-state index is 0.0643. The molecule has 1 rings (SSSR count). The maximum Gasteiger partial charge on any atom is 0.0822 e. The molecule has 0 aliphatic rings. The van der Waals surface area contributed by atoms with Gasteiger partial charge in [0.15, 0.2) is 0 Å². The van der Waals surface area contributed by atoms with Gasteiger partial charge in [-0.15, -0.1) is 0 Å². The van der Waals surface area contributed by atoms with Crippen LogP contribution in [0.5, 0.6) is 0 Å². The van der Waals surface area contributed by atoms with Crippen LogP contribution in [0.2, 0.25) is 0 Å². The number of aryl methyl sites for hydroxylation is 1. The van der Waals surface area contributed by atoms with Gasteiger partial charge >= 0.3 is 0 Å². The smallest absolute Gasteiger partial charge is 0.0822 e. The second-order valence-electron chi connectivity index (χ2n) is 6.01. The molecule has 0 aliphatic carbocycles. The highest BCUT2D eigenvalue weighted by Gasteiger charge is 2.08. The zero-order valence-corrected chi connectivity index (χ0v) is 14.1. The Balaban J connectivity index is 2.10. The Labute approximate surface area is 136 Å². The summed E-state index contributed by atoms with van der Waals surface area (Å²) in [6.07, 6.45) is 15.4. The molecule has 1 unspecified atom stereocenters. The fraction of sp³-hybridized carbons (Fsp3) is 0.737. The highest BCUT2D eigenvalue weighted by atomic mass is 16.5. The summed E-state index contributed by atoms with van der Waals surface area (Å²) in [6, 6.07) is 4.15. The molecule has 0 amide bonds. The lowest BCUT2D eigenvalue weighted by atomic mass is 10.0. The third-order valence-electron chi connectivity index (χ3n) is 3.94. The Morgan fingerprint density at radius 2 is 1.86 bits per heavy atom. The maximum atomic E-state index is 10.5. The summed E-state index contributed by atoms with van der Waals surface area (Å²) in [7, 11) is 0. The third kappa shape index (κ3) is 9.91. The van der Waals surface area contributed by atoms with Crippen molar-refractivity contribution in [3.8, 4) is 0 Å². The van der Waals surface area contributed by atoms with Gasteiger partial charge in [-0.1, -0.05) is 38.7 Å². The van der Waals surface area contributed by atoms with Crippen LogP contribution >= 0.6 is 0 Å². The minimum Gasteiger partial charge on any atom is -0.378 e. The number of hydrogen-bond acceptors (Lipinski definition) is 2. The summed E-state index contributed by atoms with van der Waals surface area (Å²) in [6.45, 7) is 3.08. The van der Waals surface area contributed by atoms with Gasteiger partial charge in [0.2, 0.25) is 0 Å². The highest BCUT2D eigenvalue weighted by Crippen LogP contribution is 2.15. The predicted octanol–water partition coefficient (Wildman–Crippen LogP) is 4.97. The topological polar surface area (TPSA) is 42.0 Å². The van der Waals surface area contributed by atoms with E-state index in [9.17, 15) is 5.11 Å². The van der Waals surface area contributed by atoms with Gasteiger partial charge in [0.25, 0.3) is 0 Å². The Morgan fingerprint density at radius 3 is 2.50 bits per heavy atom. The highest BCUT2D eigenvalue weighted by molar-refractivity contribution is 5.08. The molecule has 0 aliphatic heterocycles. The van der Waals surface area contributed by atoms with Gasteiger partial charge in [0, 0.05) is 19.0 Å². The van der Waals surface area contributed by atoms with Gasteiger partial charge in [-0.25, -0.2) is 5.11 Å². The molecule has 0 bridgehead atoms. The van der Waals surface area contributed by atoms with Gasteiger partial charge in [-0.2, -0.15) is 0 Å². The van der Waals surface area contributed by atoms with E-state index in [1.165, 1.54) is 24.8 Å². The van der Waals surface area contributed by atoms with Crippen molar-refractivity contribution in [3.05, 3.63) is 30.1 Å². The monoisotopic (exact) mass is 306 g/mol. The van der Waals surface area contributed by atoms with Crippen LogP contribution in [0.3, 0.4) is 0 Å². The Hall–Kier alpha value is -0.930. The molecular formula is C19H32NO2. The van der Waals surface area contributed by atoms with E-state index in [2.05, 4.69) is 18.0 Å². The molecular weight excluding hydrogens is 274 g/mol. The average Bonchev–Trinajstić information content (AvgIpc) is 2.56. The first-order valence-electron chi connectivity index (χ1n) is 8.95. The lowest BCUT2D eigenvalue weighted by Crippen LogP contribution is -2.13. The van der Waals surface area contributed by atoms with Crippen molar-refractivity contribution in [3.63, 3.8) is 0 Å². The number of aromatic nitrogens is 1. The minimum atomic E-state index is 0.0643. The second kappa shape index (κ2) is 13.7. The fourth-order valence-corrected chi connectivity index (χ4v) is 2.67. The van der Waals surface area contributed by atoms with E-state index < -0.39 is 0 Å². The van der Waals surface area contributed by atoms with Crippen LogP contribution in [-0.4, -0.2) is 24.3 Å². The normalized spacial score (nSPS) is 12.5. The van der Waals surface area contributed by atoms with E-state index >= 15 is 0 Å². The van der Waals surface area contributed by atoms with Crippen molar-refractivity contribution in [1.29, 1.82) is 0 Å². The molecule has 0 saturated heterocycles. The molecule has 1 atom stereocenters. The number of unbranched alkanes of at least 4 members (excludes halogenated alkanes) is 4. The Bertz CT molecular complexity index is 343. The van der Waals surface area contributed by atoms with Crippen molar-refractivity contribution >= 4 is 0 Å². The van der Waals surface area contributed by atoms with Gasteiger partial charge < -0.3 is 4.74 Å². The first-order chi connectivity index (χ1) is 10.9. The molecule has 1 radical (unpaired) electrons. The van der Waals surface area contributed by atoms with Crippen molar-refractivity contribution in [2.24, 2.45) is 0 Å². The van der Waals surface area contributed by atoms with Crippen LogP contribution in [0.15, 0.2) is 24.5 Å². The van der Waals surface area contributed by atoms with E-state index in [-0.39, 0.29) is 6.61 Å². The lowest BCUT2D eigenvalue weighted by Gasteiger charge is -2.17. The summed E-state index contributed by atoms with van der Waals surface area (Å²) in [5.41, 5.74) is 1.33. The van der Waals surface area contributed by atoms with E-state index in [0.29, 0.717) is 6.10 Å². The Morgan fingerprint density at radius 1 is 1.09 bits per heavy atom. The van der Waals surface area contributed by atoms with E-state index in [4.69, 9.17) is 4.74 Å². The SMILES string of the molecule is CCCOC(CCCCC[O])CCCCCc1cccnc1. The summed E-state index contributed by atoms with van der Waals surface area (Å²) < 4.78 is 5.95. The van der Waals surface area contributed by atoms with Crippen LogP contribution in [0.1, 0.15) is 70.3 Å². The third-order valence-corrected chi connectivity index (χ3v) is 3.94. The van der Waals surface area contributed by atoms with Crippen molar-refractivity contribution in [1.82, 2.24) is 4.98 Å². The molecule has 1 heterocycles. The molecule has 3 nitrogen and oxygen atoms in total. The summed E-state index contributed by atoms with van der Waals surface area (Å²) in [5, 5.41) is 10.5. The molecule has 125 valence electrons. The standard InChI is InChI=1S/C19H32NO2/c1-2-16-22-19(13-7-4-8-15-21)12-6-3-5-10-18-11-9-14-20-17-18/h9,11,14,17,19H,2-8,10,12-13,15-16H2,1H3. The van der Waals surface area contributed by atoms with E-state index in [0.717, 1.165) is 51.6 Å². The molecule has 3 heteroatoms. The fourth-order valence-electron chi connectivity index (χ4n) is 2.67. The van der Waals surface area contributed by atoms with Crippen LogP contribution < -0.4 is 0 Å². The van der Waals surface area contributed by atoms with Crippen molar-refractivity contribution < 1.29 is 9.84 Å². The molecule has 0 fully saturated rings. The number of nitrogens with zero attached hydrogens (tertiary/aromatic N) is 1. The van der Waals surface area contributed by atoms with E-state index in [1.54, 1.807) is 0 Å².